The number of ether oxygens (including phenoxy) is 1. The van der Waals surface area contributed by atoms with Crippen molar-refractivity contribution in [2.24, 2.45) is 46.3 Å². The third kappa shape index (κ3) is 13.8. The van der Waals surface area contributed by atoms with Gasteiger partial charge < -0.3 is 4.74 Å². The second-order valence-electron chi connectivity index (χ2n) is 20.1. The van der Waals surface area contributed by atoms with E-state index in [-0.39, 0.29) is 12.1 Å². The van der Waals surface area contributed by atoms with E-state index in [4.69, 9.17) is 4.74 Å². The minimum absolute atomic E-state index is 0.0640. The summed E-state index contributed by atoms with van der Waals surface area (Å²) in [6.45, 7) is 15.0. The molecule has 4 aliphatic rings. The van der Waals surface area contributed by atoms with Gasteiger partial charge in [0.05, 0.1) is 0 Å². The summed E-state index contributed by atoms with van der Waals surface area (Å²) in [5, 5.41) is 0. The molecular weight excluding hydrogens is 645 g/mol. The molecule has 0 aromatic heterocycles. The highest BCUT2D eigenvalue weighted by molar-refractivity contribution is 5.69. The molecule has 0 aromatic carbocycles. The molecule has 306 valence electrons. The van der Waals surface area contributed by atoms with Gasteiger partial charge in [0.25, 0.3) is 0 Å². The molecule has 53 heavy (non-hydrogen) atoms. The SMILES string of the molecule is CCCCCCCC/C=C\CCCCCCCCCCCCCC(=O)OC1CC[C@@]2(C)C(=CCC3C2CC[C@@]2(C)C3CC[C@@H]2[C@H](C)CCCC(C)C)C1. The fourth-order valence-electron chi connectivity index (χ4n) is 12.4. The van der Waals surface area contributed by atoms with Gasteiger partial charge in [-0.1, -0.05) is 174 Å². The van der Waals surface area contributed by atoms with Gasteiger partial charge in [-0.25, -0.2) is 0 Å². The molecule has 0 saturated heterocycles. The number of esters is 1. The Bertz CT molecular complexity index is 1070. The van der Waals surface area contributed by atoms with E-state index >= 15 is 0 Å². The standard InChI is InChI=1S/C51H90O2/c1-7-8-9-10-11-12-13-14-15-16-17-18-19-20-21-22-23-24-25-26-27-31-49(52)53-44-36-38-50(5)43(40-44)32-33-45-47-35-34-46(42(4)30-28-29-41(2)3)51(47,6)39-37-48(45)50/h14-15,32,41-42,44-48H,7-13,16-31,33-40H2,1-6H3/b15-14-/t42-,44?,45?,46-,47?,48?,50+,51-/m1/s1. The second-order valence-corrected chi connectivity index (χ2v) is 20.1. The van der Waals surface area contributed by atoms with Gasteiger partial charge in [0.2, 0.25) is 0 Å². The van der Waals surface area contributed by atoms with Gasteiger partial charge in [-0.3, -0.25) is 4.79 Å². The quantitative estimate of drug-likeness (QED) is 0.0477. The van der Waals surface area contributed by atoms with Crippen molar-refractivity contribution in [3.05, 3.63) is 23.8 Å². The fraction of sp³-hybridized carbons (Fsp3) is 0.902. The highest BCUT2D eigenvalue weighted by Gasteiger charge is 2.59. The second kappa shape index (κ2) is 23.9. The van der Waals surface area contributed by atoms with Gasteiger partial charge in [0.15, 0.2) is 0 Å². The van der Waals surface area contributed by atoms with E-state index in [0.29, 0.717) is 17.3 Å². The van der Waals surface area contributed by atoms with Gasteiger partial charge in [-0.2, -0.15) is 0 Å². The summed E-state index contributed by atoms with van der Waals surface area (Å²) >= 11 is 0. The molecule has 3 fully saturated rings. The van der Waals surface area contributed by atoms with E-state index in [0.717, 1.165) is 54.8 Å². The molecule has 4 aliphatic carbocycles. The molecule has 3 saturated carbocycles. The van der Waals surface area contributed by atoms with Crippen molar-refractivity contribution in [2.75, 3.05) is 0 Å². The maximum Gasteiger partial charge on any atom is 0.306 e. The highest BCUT2D eigenvalue weighted by atomic mass is 16.5. The van der Waals surface area contributed by atoms with Crippen LogP contribution in [0.5, 0.6) is 0 Å². The van der Waals surface area contributed by atoms with Crippen molar-refractivity contribution >= 4 is 5.97 Å². The summed E-state index contributed by atoms with van der Waals surface area (Å²) in [4.78, 5) is 12.9. The van der Waals surface area contributed by atoms with Crippen LogP contribution in [0.3, 0.4) is 0 Å². The van der Waals surface area contributed by atoms with Crippen LogP contribution in [0.1, 0.15) is 241 Å². The van der Waals surface area contributed by atoms with E-state index in [1.165, 1.54) is 173 Å². The lowest BCUT2D eigenvalue weighted by molar-refractivity contribution is -0.151. The summed E-state index contributed by atoms with van der Waals surface area (Å²) < 4.78 is 6.15. The zero-order chi connectivity index (χ0) is 37.9. The Morgan fingerprint density at radius 1 is 0.717 bits per heavy atom. The molecule has 8 atom stereocenters. The van der Waals surface area contributed by atoms with Crippen LogP contribution < -0.4 is 0 Å². The normalized spacial score (nSPS) is 30.2. The number of allylic oxidation sites excluding steroid dienone is 3. The number of hydrogen-bond donors (Lipinski definition) is 0. The van der Waals surface area contributed by atoms with Crippen molar-refractivity contribution in [1.29, 1.82) is 0 Å². The third-order valence-corrected chi connectivity index (χ3v) is 15.7. The van der Waals surface area contributed by atoms with Gasteiger partial charge in [0.1, 0.15) is 6.10 Å². The van der Waals surface area contributed by atoms with Crippen molar-refractivity contribution in [3.63, 3.8) is 0 Å². The van der Waals surface area contributed by atoms with Crippen LogP contribution in [-0.4, -0.2) is 12.1 Å². The molecule has 0 amide bonds. The number of hydrogen-bond acceptors (Lipinski definition) is 2. The van der Waals surface area contributed by atoms with Gasteiger partial charge in [-0.15, -0.1) is 0 Å². The highest BCUT2D eigenvalue weighted by Crippen LogP contribution is 2.67. The topological polar surface area (TPSA) is 26.3 Å². The maximum atomic E-state index is 12.9. The molecule has 4 rings (SSSR count). The zero-order valence-electron chi connectivity index (χ0n) is 36.5. The number of unbranched alkanes of at least 4 members (excludes halogenated alkanes) is 17. The van der Waals surface area contributed by atoms with E-state index in [2.05, 4.69) is 59.8 Å². The first-order valence-electron chi connectivity index (χ1n) is 24.2. The van der Waals surface area contributed by atoms with Crippen molar-refractivity contribution in [2.45, 2.75) is 247 Å². The Morgan fingerprint density at radius 2 is 1.32 bits per heavy atom. The van der Waals surface area contributed by atoms with Crippen LogP contribution in [0.15, 0.2) is 23.8 Å². The first kappa shape index (κ1) is 44.7. The van der Waals surface area contributed by atoms with Crippen molar-refractivity contribution in [3.8, 4) is 0 Å². The van der Waals surface area contributed by atoms with E-state index in [1.54, 1.807) is 5.57 Å². The number of carbonyl (C=O) groups excluding carboxylic acids is 1. The predicted molar refractivity (Wildman–Crippen MR) is 230 cm³/mol. The first-order valence-corrected chi connectivity index (χ1v) is 24.2. The lowest BCUT2D eigenvalue weighted by Gasteiger charge is -2.58. The van der Waals surface area contributed by atoms with Gasteiger partial charge in [-0.05, 0) is 123 Å². The average Bonchev–Trinajstić information content (AvgIpc) is 3.49. The molecule has 0 N–H and O–H groups in total. The Morgan fingerprint density at radius 3 is 1.94 bits per heavy atom. The molecule has 0 heterocycles. The van der Waals surface area contributed by atoms with Crippen LogP contribution in [-0.2, 0) is 9.53 Å². The van der Waals surface area contributed by atoms with Crippen LogP contribution in [0.25, 0.3) is 0 Å². The molecular formula is C51H90O2. The summed E-state index contributed by atoms with van der Waals surface area (Å²) in [5.41, 5.74) is 2.53. The molecule has 2 nitrogen and oxygen atoms in total. The Hall–Kier alpha value is -1.05. The minimum atomic E-state index is 0.0640. The Kier molecular flexibility index (Phi) is 20.1. The molecule has 0 spiro atoms. The maximum absolute atomic E-state index is 12.9. The van der Waals surface area contributed by atoms with E-state index < -0.39 is 0 Å². The zero-order valence-corrected chi connectivity index (χ0v) is 36.5. The molecule has 0 bridgehead atoms. The third-order valence-electron chi connectivity index (χ3n) is 15.7. The summed E-state index contributed by atoms with van der Waals surface area (Å²) in [6, 6.07) is 0. The lowest BCUT2D eigenvalue weighted by atomic mass is 9.47. The predicted octanol–water partition coefficient (Wildman–Crippen LogP) is 16.3. The average molecular weight is 735 g/mol. The molecule has 0 aromatic rings. The Balaban J connectivity index is 1.01. The largest absolute Gasteiger partial charge is 0.462 e. The number of rotatable bonds is 27. The van der Waals surface area contributed by atoms with Crippen LogP contribution in [0, 0.1) is 46.3 Å². The summed E-state index contributed by atoms with van der Waals surface area (Å²) in [7, 11) is 0. The number of carbonyl (C=O) groups is 1. The molecule has 4 unspecified atom stereocenters. The monoisotopic (exact) mass is 735 g/mol. The Labute approximate surface area is 331 Å². The van der Waals surface area contributed by atoms with Crippen molar-refractivity contribution < 1.29 is 9.53 Å². The summed E-state index contributed by atoms with van der Waals surface area (Å²) in [5.74, 6) is 5.33. The van der Waals surface area contributed by atoms with E-state index in [9.17, 15) is 4.79 Å². The first-order chi connectivity index (χ1) is 25.7. The van der Waals surface area contributed by atoms with Gasteiger partial charge >= 0.3 is 5.97 Å². The number of fused-ring (bicyclic) bond motifs is 5. The van der Waals surface area contributed by atoms with E-state index in [1.807, 2.05) is 0 Å². The minimum Gasteiger partial charge on any atom is -0.462 e. The van der Waals surface area contributed by atoms with Crippen LogP contribution in [0.2, 0.25) is 0 Å². The van der Waals surface area contributed by atoms with Gasteiger partial charge in [0, 0.05) is 12.8 Å². The van der Waals surface area contributed by atoms with Crippen LogP contribution >= 0.6 is 0 Å². The lowest BCUT2D eigenvalue weighted by Crippen LogP contribution is -2.51. The molecule has 0 radical (unpaired) electrons. The smallest absolute Gasteiger partial charge is 0.306 e. The molecule has 0 aliphatic heterocycles. The molecule has 2 heteroatoms. The van der Waals surface area contributed by atoms with Crippen molar-refractivity contribution in [1.82, 2.24) is 0 Å². The fourth-order valence-corrected chi connectivity index (χ4v) is 12.4. The van der Waals surface area contributed by atoms with Crippen LogP contribution in [0.4, 0.5) is 0 Å². The summed E-state index contributed by atoms with van der Waals surface area (Å²) in [6.07, 6.45) is 48.3.